The minimum Gasteiger partial charge on any atom is -0.362 e. The molecule has 1 aliphatic heterocycles. The van der Waals surface area contributed by atoms with E-state index in [-0.39, 0.29) is 18.2 Å². The summed E-state index contributed by atoms with van der Waals surface area (Å²) in [6, 6.07) is 1.19. The predicted octanol–water partition coefficient (Wildman–Crippen LogP) is 5.91. The maximum Gasteiger partial charge on any atom is 0.267 e. The molecular formula is C18H24F5N. The zero-order valence-corrected chi connectivity index (χ0v) is 14.5. The van der Waals surface area contributed by atoms with Crippen LogP contribution in [-0.4, -0.2) is 24.4 Å². The number of hydrogen-bond acceptors (Lipinski definition) is 1. The number of anilines is 1. The van der Waals surface area contributed by atoms with Crippen LogP contribution >= 0.6 is 0 Å². The van der Waals surface area contributed by atoms with E-state index in [1.165, 1.54) is 17.9 Å². The van der Waals surface area contributed by atoms with Crippen LogP contribution in [0.5, 0.6) is 0 Å². The van der Waals surface area contributed by atoms with Crippen molar-refractivity contribution < 1.29 is 22.0 Å². The third-order valence-corrected chi connectivity index (χ3v) is 4.78. The number of benzene rings is 1. The monoisotopic (exact) mass is 349 g/mol. The molecule has 0 radical (unpaired) electrons. The van der Waals surface area contributed by atoms with Crippen LogP contribution in [0.3, 0.4) is 0 Å². The van der Waals surface area contributed by atoms with E-state index < -0.39 is 43.0 Å². The van der Waals surface area contributed by atoms with Crippen molar-refractivity contribution in [1.29, 1.82) is 0 Å². The molecular weight excluding hydrogens is 325 g/mol. The third-order valence-electron chi connectivity index (χ3n) is 4.78. The summed E-state index contributed by atoms with van der Waals surface area (Å²) in [6.45, 7) is 6.47. The van der Waals surface area contributed by atoms with Crippen LogP contribution in [0.25, 0.3) is 0 Å². The van der Waals surface area contributed by atoms with Gasteiger partial charge in [0.05, 0.1) is 6.04 Å². The van der Waals surface area contributed by atoms with Gasteiger partial charge in [0.25, 0.3) is 11.8 Å². The second kappa shape index (κ2) is 6.52. The Bertz CT molecular complexity index is 574. The van der Waals surface area contributed by atoms with Crippen LogP contribution in [0.4, 0.5) is 27.6 Å². The predicted molar refractivity (Wildman–Crippen MR) is 85.8 cm³/mol. The topological polar surface area (TPSA) is 3.24 Å². The Morgan fingerprint density at radius 3 is 2.42 bits per heavy atom. The molecule has 0 bridgehead atoms. The highest BCUT2D eigenvalue weighted by molar-refractivity contribution is 5.54. The quantitative estimate of drug-likeness (QED) is 0.611. The minimum absolute atomic E-state index is 0.0439. The molecule has 0 amide bonds. The molecule has 0 saturated carbocycles. The van der Waals surface area contributed by atoms with Gasteiger partial charge in [-0.25, -0.2) is 22.0 Å². The standard InChI is InChI=1S/C18H24F5N/c1-5-18(22,23)15-10-17(20,21)6-7-24(15)13-8-12(4)16(11(2)3)14(19)9-13/h8-9,11,15H,5-7,10H2,1-4H3. The van der Waals surface area contributed by atoms with E-state index in [9.17, 15) is 22.0 Å². The molecule has 0 spiro atoms. The summed E-state index contributed by atoms with van der Waals surface area (Å²) in [5.41, 5.74) is 1.43. The van der Waals surface area contributed by atoms with Crippen molar-refractivity contribution in [2.45, 2.75) is 70.8 Å². The first-order chi connectivity index (χ1) is 11.0. The van der Waals surface area contributed by atoms with Gasteiger partial charge in [-0.2, -0.15) is 0 Å². The summed E-state index contributed by atoms with van der Waals surface area (Å²) < 4.78 is 70.3. The van der Waals surface area contributed by atoms with Crippen LogP contribution in [0.2, 0.25) is 0 Å². The van der Waals surface area contributed by atoms with Gasteiger partial charge in [-0.05, 0) is 36.1 Å². The van der Waals surface area contributed by atoms with E-state index in [1.54, 1.807) is 13.0 Å². The van der Waals surface area contributed by atoms with E-state index in [0.29, 0.717) is 11.1 Å². The van der Waals surface area contributed by atoms with E-state index in [4.69, 9.17) is 0 Å². The maximum absolute atomic E-state index is 14.4. The van der Waals surface area contributed by atoms with Crippen molar-refractivity contribution in [3.8, 4) is 0 Å². The molecule has 2 rings (SSSR count). The van der Waals surface area contributed by atoms with Gasteiger partial charge in [0.2, 0.25) is 0 Å². The fourth-order valence-electron chi connectivity index (χ4n) is 3.49. The van der Waals surface area contributed by atoms with E-state index in [1.807, 2.05) is 13.8 Å². The van der Waals surface area contributed by atoms with Gasteiger partial charge in [0.1, 0.15) is 5.82 Å². The SMILES string of the molecule is CCC(F)(F)C1CC(F)(F)CCN1c1cc(C)c(C(C)C)c(F)c1. The molecule has 0 N–H and O–H groups in total. The first kappa shape index (κ1) is 19.0. The number of aryl methyl sites for hydroxylation is 1. The van der Waals surface area contributed by atoms with Crippen LogP contribution in [0.15, 0.2) is 12.1 Å². The average molecular weight is 349 g/mol. The number of halogens is 5. The number of alkyl halides is 4. The molecule has 1 nitrogen and oxygen atoms in total. The van der Waals surface area contributed by atoms with Gasteiger partial charge in [-0.15, -0.1) is 0 Å². The molecule has 0 aliphatic carbocycles. The molecule has 1 saturated heterocycles. The van der Waals surface area contributed by atoms with Crippen molar-refractivity contribution in [3.05, 3.63) is 29.1 Å². The zero-order valence-electron chi connectivity index (χ0n) is 14.5. The summed E-state index contributed by atoms with van der Waals surface area (Å²) >= 11 is 0. The Morgan fingerprint density at radius 1 is 1.29 bits per heavy atom. The zero-order chi connectivity index (χ0) is 18.3. The lowest BCUT2D eigenvalue weighted by molar-refractivity contribution is -0.0980. The highest BCUT2D eigenvalue weighted by atomic mass is 19.3. The van der Waals surface area contributed by atoms with Gasteiger partial charge in [-0.3, -0.25) is 0 Å². The van der Waals surface area contributed by atoms with Crippen molar-refractivity contribution in [2.75, 3.05) is 11.4 Å². The van der Waals surface area contributed by atoms with Gasteiger partial charge in [0.15, 0.2) is 0 Å². The van der Waals surface area contributed by atoms with Crippen LogP contribution < -0.4 is 4.90 Å². The third kappa shape index (κ3) is 3.67. The molecule has 1 aromatic carbocycles. The van der Waals surface area contributed by atoms with E-state index >= 15 is 0 Å². The normalized spacial score (nSPS) is 21.4. The molecule has 6 heteroatoms. The van der Waals surface area contributed by atoms with Gasteiger partial charge < -0.3 is 4.90 Å². The molecule has 0 aromatic heterocycles. The summed E-state index contributed by atoms with van der Waals surface area (Å²) in [5, 5.41) is 0. The van der Waals surface area contributed by atoms with Gasteiger partial charge in [-0.1, -0.05) is 20.8 Å². The van der Waals surface area contributed by atoms with Gasteiger partial charge in [0, 0.05) is 31.5 Å². The molecule has 1 aliphatic rings. The minimum atomic E-state index is -3.26. The number of nitrogens with zero attached hydrogens (tertiary/aromatic N) is 1. The molecule has 24 heavy (non-hydrogen) atoms. The molecule has 1 fully saturated rings. The Hall–Kier alpha value is -1.33. The number of hydrogen-bond donors (Lipinski definition) is 0. The number of rotatable bonds is 4. The fourth-order valence-corrected chi connectivity index (χ4v) is 3.49. The lowest BCUT2D eigenvalue weighted by atomic mass is 9.90. The first-order valence-electron chi connectivity index (χ1n) is 8.31. The first-order valence-corrected chi connectivity index (χ1v) is 8.31. The second-order valence-corrected chi connectivity index (χ2v) is 6.95. The van der Waals surface area contributed by atoms with Crippen molar-refractivity contribution >= 4 is 5.69 Å². The number of piperidine rings is 1. The Kier molecular flexibility index (Phi) is 5.17. The highest BCUT2D eigenvalue weighted by Crippen LogP contribution is 2.42. The van der Waals surface area contributed by atoms with Crippen molar-refractivity contribution in [1.82, 2.24) is 0 Å². The Balaban J connectivity index is 2.45. The fraction of sp³-hybridized carbons (Fsp3) is 0.667. The summed E-state index contributed by atoms with van der Waals surface area (Å²) in [4.78, 5) is 1.25. The molecule has 1 aromatic rings. The summed E-state index contributed by atoms with van der Waals surface area (Å²) in [6.07, 6.45) is -1.95. The highest BCUT2D eigenvalue weighted by Gasteiger charge is 2.51. The van der Waals surface area contributed by atoms with Crippen molar-refractivity contribution in [3.63, 3.8) is 0 Å². The Labute approximate surface area is 139 Å². The molecule has 1 unspecified atom stereocenters. The average Bonchev–Trinajstić information content (AvgIpc) is 2.45. The maximum atomic E-state index is 14.4. The van der Waals surface area contributed by atoms with Crippen molar-refractivity contribution in [2.24, 2.45) is 0 Å². The summed E-state index contributed by atoms with van der Waals surface area (Å²) in [5.74, 6) is -6.90. The lowest BCUT2D eigenvalue weighted by Gasteiger charge is -2.44. The van der Waals surface area contributed by atoms with Crippen LogP contribution in [-0.2, 0) is 0 Å². The molecule has 1 atom stereocenters. The van der Waals surface area contributed by atoms with Crippen LogP contribution in [0, 0.1) is 12.7 Å². The van der Waals surface area contributed by atoms with E-state index in [0.717, 1.165) is 0 Å². The lowest BCUT2D eigenvalue weighted by Crippen LogP contribution is -2.55. The largest absolute Gasteiger partial charge is 0.362 e. The second-order valence-electron chi connectivity index (χ2n) is 6.95. The summed E-state index contributed by atoms with van der Waals surface area (Å²) in [7, 11) is 0. The van der Waals surface area contributed by atoms with E-state index in [2.05, 4.69) is 0 Å². The van der Waals surface area contributed by atoms with Crippen LogP contribution in [0.1, 0.15) is 57.1 Å². The van der Waals surface area contributed by atoms with Gasteiger partial charge >= 0.3 is 0 Å². The molecule has 1 heterocycles. The Morgan fingerprint density at radius 2 is 1.92 bits per heavy atom. The molecule has 136 valence electrons. The smallest absolute Gasteiger partial charge is 0.267 e.